The summed E-state index contributed by atoms with van der Waals surface area (Å²) in [5, 5.41) is 19.8. The SMILES string of the molecule is CC1C=CC(Br)=CC1S(=O)(=O)/C(C#N)=C/c1cc(C(C)(C)C)c(O)c(C(C)(C)C)c1. The minimum atomic E-state index is -3.88. The molecule has 6 heteroatoms. The Bertz CT molecular complexity index is 1040. The zero-order valence-corrected chi connectivity index (χ0v) is 21.0. The highest BCUT2D eigenvalue weighted by Crippen LogP contribution is 2.40. The topological polar surface area (TPSA) is 78.2 Å². The lowest BCUT2D eigenvalue weighted by atomic mass is 9.78. The van der Waals surface area contributed by atoms with Crippen molar-refractivity contribution >= 4 is 31.8 Å². The fraction of sp³-hybridized carbons (Fsp3) is 0.458. The molecular formula is C24H30BrNO3S. The Labute approximate surface area is 189 Å². The summed E-state index contributed by atoms with van der Waals surface area (Å²) in [5.74, 6) is -0.0328. The Morgan fingerprint density at radius 3 is 2.07 bits per heavy atom. The number of halogens is 1. The molecule has 0 saturated heterocycles. The van der Waals surface area contributed by atoms with E-state index in [0.717, 1.165) is 0 Å². The van der Waals surface area contributed by atoms with Gasteiger partial charge in [0.25, 0.3) is 0 Å². The molecule has 4 nitrogen and oxygen atoms in total. The number of nitrogens with zero attached hydrogens (tertiary/aromatic N) is 1. The maximum absolute atomic E-state index is 13.3. The van der Waals surface area contributed by atoms with E-state index in [1.54, 1.807) is 18.2 Å². The van der Waals surface area contributed by atoms with Crippen molar-refractivity contribution < 1.29 is 13.5 Å². The number of hydrogen-bond acceptors (Lipinski definition) is 4. The summed E-state index contributed by atoms with van der Waals surface area (Å²) in [4.78, 5) is -0.281. The highest BCUT2D eigenvalue weighted by atomic mass is 79.9. The average molecular weight is 492 g/mol. The van der Waals surface area contributed by atoms with E-state index in [2.05, 4.69) is 15.9 Å². The summed E-state index contributed by atoms with van der Waals surface area (Å²) in [5.41, 5.74) is 1.32. The third kappa shape index (κ3) is 5.07. The second-order valence-electron chi connectivity index (χ2n) is 9.86. The zero-order valence-electron chi connectivity index (χ0n) is 18.6. The molecule has 1 aromatic rings. The first-order chi connectivity index (χ1) is 13.6. The van der Waals surface area contributed by atoms with Crippen molar-refractivity contribution in [3.8, 4) is 11.8 Å². The van der Waals surface area contributed by atoms with E-state index in [9.17, 15) is 18.8 Å². The van der Waals surface area contributed by atoms with Gasteiger partial charge in [0.2, 0.25) is 0 Å². The number of phenols is 1. The van der Waals surface area contributed by atoms with Crippen LogP contribution in [0.3, 0.4) is 0 Å². The van der Waals surface area contributed by atoms with Crippen LogP contribution >= 0.6 is 15.9 Å². The molecule has 0 heterocycles. The van der Waals surface area contributed by atoms with Crippen LogP contribution in [0.2, 0.25) is 0 Å². The van der Waals surface area contributed by atoms with Crippen LogP contribution in [0.25, 0.3) is 6.08 Å². The van der Waals surface area contributed by atoms with Crippen molar-refractivity contribution in [2.24, 2.45) is 5.92 Å². The predicted molar refractivity (Wildman–Crippen MR) is 127 cm³/mol. The van der Waals surface area contributed by atoms with Gasteiger partial charge in [-0.25, -0.2) is 8.42 Å². The number of rotatable bonds is 3. The molecule has 1 aliphatic rings. The van der Waals surface area contributed by atoms with E-state index in [4.69, 9.17) is 0 Å². The number of phenolic OH excluding ortho intramolecular Hbond substituents is 1. The van der Waals surface area contributed by atoms with Crippen molar-refractivity contribution in [3.63, 3.8) is 0 Å². The van der Waals surface area contributed by atoms with E-state index >= 15 is 0 Å². The van der Waals surface area contributed by atoms with Gasteiger partial charge in [0.05, 0.1) is 5.25 Å². The lowest BCUT2D eigenvalue weighted by molar-refractivity contribution is 0.423. The fourth-order valence-electron chi connectivity index (χ4n) is 3.45. The molecule has 0 saturated carbocycles. The highest BCUT2D eigenvalue weighted by molar-refractivity contribution is 9.11. The molecule has 0 radical (unpaired) electrons. The molecule has 0 bridgehead atoms. The van der Waals surface area contributed by atoms with Crippen LogP contribution < -0.4 is 0 Å². The molecule has 1 aromatic carbocycles. The van der Waals surface area contributed by atoms with Crippen molar-refractivity contribution in [2.45, 2.75) is 64.5 Å². The van der Waals surface area contributed by atoms with Gasteiger partial charge in [0.15, 0.2) is 9.84 Å². The molecular weight excluding hydrogens is 462 g/mol. The van der Waals surface area contributed by atoms with Gasteiger partial charge < -0.3 is 5.11 Å². The number of benzene rings is 1. The molecule has 2 atom stereocenters. The van der Waals surface area contributed by atoms with Crippen LogP contribution in [0.4, 0.5) is 0 Å². The maximum Gasteiger partial charge on any atom is 0.195 e. The van der Waals surface area contributed by atoms with Crippen LogP contribution in [-0.2, 0) is 20.7 Å². The average Bonchev–Trinajstić information content (AvgIpc) is 2.60. The van der Waals surface area contributed by atoms with Crippen molar-refractivity contribution in [2.75, 3.05) is 0 Å². The number of aromatic hydroxyl groups is 1. The van der Waals surface area contributed by atoms with Gasteiger partial charge in [0, 0.05) is 15.6 Å². The summed E-state index contributed by atoms with van der Waals surface area (Å²) in [7, 11) is -3.88. The summed E-state index contributed by atoms with van der Waals surface area (Å²) in [6.07, 6.45) is 6.68. The summed E-state index contributed by atoms with van der Waals surface area (Å²) in [6, 6.07) is 5.44. The number of nitriles is 1. The van der Waals surface area contributed by atoms with Crippen LogP contribution in [0.15, 0.2) is 39.7 Å². The third-order valence-electron chi connectivity index (χ3n) is 5.22. The number of hydrogen-bond donors (Lipinski definition) is 1. The van der Waals surface area contributed by atoms with Crippen LogP contribution in [0.5, 0.6) is 5.75 Å². The smallest absolute Gasteiger partial charge is 0.195 e. The normalized spacial score (nSPS) is 20.6. The van der Waals surface area contributed by atoms with E-state index < -0.39 is 15.1 Å². The third-order valence-corrected chi connectivity index (χ3v) is 7.85. The quantitative estimate of drug-likeness (QED) is 0.516. The second kappa shape index (κ2) is 8.36. The lowest BCUT2D eigenvalue weighted by Crippen LogP contribution is -2.28. The van der Waals surface area contributed by atoms with Crippen LogP contribution in [0.1, 0.15) is 65.2 Å². The fourth-order valence-corrected chi connectivity index (χ4v) is 5.76. The van der Waals surface area contributed by atoms with Gasteiger partial charge in [0.1, 0.15) is 16.7 Å². The molecule has 0 spiro atoms. The van der Waals surface area contributed by atoms with Crippen molar-refractivity contribution in [1.29, 1.82) is 5.26 Å². The van der Waals surface area contributed by atoms with Crippen molar-refractivity contribution in [3.05, 3.63) is 56.4 Å². The Balaban J connectivity index is 2.71. The molecule has 0 amide bonds. The zero-order chi connectivity index (χ0) is 23.1. The minimum absolute atomic E-state index is 0.214. The summed E-state index contributed by atoms with van der Waals surface area (Å²) < 4.78 is 27.2. The Morgan fingerprint density at radius 1 is 1.13 bits per heavy atom. The Kier molecular flexibility index (Phi) is 6.81. The van der Waals surface area contributed by atoms with Gasteiger partial charge in [-0.3, -0.25) is 0 Å². The molecule has 0 fully saturated rings. The first kappa shape index (κ1) is 24.4. The van der Waals surface area contributed by atoms with Gasteiger partial charge in [-0.1, -0.05) is 82.6 Å². The maximum atomic E-state index is 13.3. The highest BCUT2D eigenvalue weighted by Gasteiger charge is 2.34. The first-order valence-corrected chi connectivity index (χ1v) is 12.2. The van der Waals surface area contributed by atoms with Gasteiger partial charge in [-0.2, -0.15) is 5.26 Å². The first-order valence-electron chi connectivity index (χ1n) is 9.88. The molecule has 2 unspecified atom stereocenters. The van der Waals surface area contributed by atoms with E-state index in [-0.39, 0.29) is 27.4 Å². The molecule has 162 valence electrons. The summed E-state index contributed by atoms with van der Waals surface area (Å²) in [6.45, 7) is 13.7. The molecule has 1 aliphatic carbocycles. The van der Waals surface area contributed by atoms with E-state index in [0.29, 0.717) is 21.2 Å². The minimum Gasteiger partial charge on any atom is -0.507 e. The van der Waals surface area contributed by atoms with Crippen LogP contribution in [0, 0.1) is 17.2 Å². The van der Waals surface area contributed by atoms with Gasteiger partial charge in [-0.05, 0) is 40.5 Å². The molecule has 0 aliphatic heterocycles. The van der Waals surface area contributed by atoms with Crippen LogP contribution in [-0.4, -0.2) is 18.8 Å². The standard InChI is InChI=1S/C24H30BrNO3S/c1-15-8-9-17(25)13-21(15)30(28,29)18(14-26)10-16-11-19(23(2,3)4)22(27)20(12-16)24(5,6)7/h8-13,15,21,27H,1-7H3/b18-10+. The number of allylic oxidation sites excluding steroid dienone is 4. The van der Waals surface area contributed by atoms with Gasteiger partial charge >= 0.3 is 0 Å². The Morgan fingerprint density at radius 2 is 1.63 bits per heavy atom. The molecule has 30 heavy (non-hydrogen) atoms. The molecule has 2 rings (SSSR count). The monoisotopic (exact) mass is 491 g/mol. The Hall–Kier alpha value is -1.84. The summed E-state index contributed by atoms with van der Waals surface area (Å²) >= 11 is 3.34. The largest absolute Gasteiger partial charge is 0.507 e. The second-order valence-corrected chi connectivity index (χ2v) is 12.9. The van der Waals surface area contributed by atoms with E-state index in [1.165, 1.54) is 6.08 Å². The molecule has 0 aromatic heterocycles. The van der Waals surface area contributed by atoms with E-state index in [1.807, 2.05) is 66.7 Å². The lowest BCUT2D eigenvalue weighted by Gasteiger charge is -2.28. The van der Waals surface area contributed by atoms with Crippen molar-refractivity contribution in [1.82, 2.24) is 0 Å². The van der Waals surface area contributed by atoms with Gasteiger partial charge in [-0.15, -0.1) is 0 Å². The molecule has 1 N–H and O–H groups in total. The predicted octanol–water partition coefficient (Wildman–Crippen LogP) is 6.12. The number of sulfone groups is 1.